The van der Waals surface area contributed by atoms with Gasteiger partial charge in [-0.3, -0.25) is 9.78 Å². The zero-order chi connectivity index (χ0) is 13.5. The number of pyridine rings is 1. The minimum atomic E-state index is -0.224. The van der Waals surface area contributed by atoms with E-state index in [9.17, 15) is 4.79 Å². The molecule has 2 aromatic rings. The topological polar surface area (TPSA) is 64.4 Å². The molecule has 1 amide bonds. The first-order valence-corrected chi connectivity index (χ1v) is 6.05. The summed E-state index contributed by atoms with van der Waals surface area (Å²) in [6.07, 6.45) is 2.43. The van der Waals surface area contributed by atoms with Crippen molar-refractivity contribution >= 4 is 5.91 Å². The van der Waals surface area contributed by atoms with Gasteiger partial charge in [-0.15, -0.1) is 0 Å². The van der Waals surface area contributed by atoms with Crippen LogP contribution in [0.25, 0.3) is 0 Å². The fraction of sp³-hybridized carbons (Fsp3) is 0.286. The van der Waals surface area contributed by atoms with Crippen LogP contribution >= 0.6 is 0 Å². The van der Waals surface area contributed by atoms with Gasteiger partial charge in [0.1, 0.15) is 12.4 Å². The minimum absolute atomic E-state index is 0.224. The molecule has 0 aliphatic rings. The number of rotatable bonds is 6. The summed E-state index contributed by atoms with van der Waals surface area (Å²) in [4.78, 5) is 16.0. The van der Waals surface area contributed by atoms with Crippen LogP contribution in [0.4, 0.5) is 0 Å². The highest BCUT2D eigenvalue weighted by Crippen LogP contribution is 2.08. The van der Waals surface area contributed by atoms with E-state index in [-0.39, 0.29) is 5.91 Å². The molecule has 2 heterocycles. The van der Waals surface area contributed by atoms with Crippen LogP contribution in [0.15, 0.2) is 40.9 Å². The number of nitrogens with zero attached hydrogens (tertiary/aromatic N) is 1. The van der Waals surface area contributed by atoms with Crippen molar-refractivity contribution in [1.82, 2.24) is 10.3 Å². The summed E-state index contributed by atoms with van der Waals surface area (Å²) in [5.41, 5.74) is 0.947. The lowest BCUT2D eigenvalue weighted by atomic mass is 10.2. The van der Waals surface area contributed by atoms with Gasteiger partial charge >= 0.3 is 0 Å². The first kappa shape index (κ1) is 13.3. The van der Waals surface area contributed by atoms with Gasteiger partial charge in [-0.2, -0.15) is 0 Å². The monoisotopic (exact) mass is 260 g/mol. The molecule has 0 unspecified atom stereocenters. The van der Waals surface area contributed by atoms with Gasteiger partial charge in [-0.1, -0.05) is 6.07 Å². The van der Waals surface area contributed by atoms with Crippen LogP contribution < -0.4 is 5.32 Å². The second-order valence-electron chi connectivity index (χ2n) is 4.03. The largest absolute Gasteiger partial charge is 0.453 e. The van der Waals surface area contributed by atoms with Crippen LogP contribution in [0.5, 0.6) is 0 Å². The number of methoxy groups -OCH3 is 1. The van der Waals surface area contributed by atoms with Crippen LogP contribution in [0.1, 0.15) is 22.0 Å². The van der Waals surface area contributed by atoms with Crippen molar-refractivity contribution in [3.8, 4) is 0 Å². The third-order valence-corrected chi connectivity index (χ3v) is 2.56. The first-order chi connectivity index (χ1) is 9.29. The van der Waals surface area contributed by atoms with Gasteiger partial charge in [0.25, 0.3) is 5.91 Å². The minimum Gasteiger partial charge on any atom is -0.453 e. The van der Waals surface area contributed by atoms with Gasteiger partial charge < -0.3 is 14.5 Å². The predicted molar refractivity (Wildman–Crippen MR) is 69.7 cm³/mol. The summed E-state index contributed by atoms with van der Waals surface area (Å²) in [6.45, 7) is 0.886. The number of ether oxygens (including phenoxy) is 1. The van der Waals surface area contributed by atoms with Gasteiger partial charge in [0.15, 0.2) is 5.76 Å². The maximum Gasteiger partial charge on any atom is 0.287 e. The van der Waals surface area contributed by atoms with Crippen molar-refractivity contribution in [2.75, 3.05) is 13.7 Å². The normalized spacial score (nSPS) is 10.4. The maximum absolute atomic E-state index is 11.8. The standard InChI is InChI=1S/C14H16N2O3/c1-18-10-12-5-6-13(19-12)14(17)16-9-7-11-4-2-3-8-15-11/h2-6,8H,7,9-10H2,1H3,(H,16,17). The molecule has 0 bridgehead atoms. The lowest BCUT2D eigenvalue weighted by Crippen LogP contribution is -2.25. The number of carbonyl (C=O) groups excluding carboxylic acids is 1. The zero-order valence-corrected chi connectivity index (χ0v) is 10.8. The summed E-state index contributed by atoms with van der Waals surface area (Å²) in [5.74, 6) is 0.712. The summed E-state index contributed by atoms with van der Waals surface area (Å²) < 4.78 is 10.3. The highest BCUT2D eigenvalue weighted by Gasteiger charge is 2.10. The van der Waals surface area contributed by atoms with E-state index < -0.39 is 0 Å². The highest BCUT2D eigenvalue weighted by molar-refractivity contribution is 5.91. The zero-order valence-electron chi connectivity index (χ0n) is 10.8. The predicted octanol–water partition coefficient (Wildman–Crippen LogP) is 1.79. The lowest BCUT2D eigenvalue weighted by Gasteiger charge is -2.02. The van der Waals surface area contributed by atoms with E-state index >= 15 is 0 Å². The molecule has 0 atom stereocenters. The van der Waals surface area contributed by atoms with Crippen molar-refractivity contribution in [2.24, 2.45) is 0 Å². The van der Waals surface area contributed by atoms with Gasteiger partial charge in [0.05, 0.1) is 0 Å². The molecular weight excluding hydrogens is 244 g/mol. The summed E-state index contributed by atoms with van der Waals surface area (Å²) in [5, 5.41) is 2.79. The van der Waals surface area contributed by atoms with Gasteiger partial charge in [-0.25, -0.2) is 0 Å². The van der Waals surface area contributed by atoms with E-state index in [1.54, 1.807) is 25.4 Å². The Morgan fingerprint density at radius 2 is 2.26 bits per heavy atom. The molecule has 0 fully saturated rings. The second-order valence-corrected chi connectivity index (χ2v) is 4.03. The van der Waals surface area contributed by atoms with Crippen LogP contribution in [-0.2, 0) is 17.8 Å². The molecule has 0 radical (unpaired) electrons. The van der Waals surface area contributed by atoms with E-state index in [0.717, 1.165) is 5.69 Å². The number of furan rings is 1. The van der Waals surface area contributed by atoms with E-state index in [2.05, 4.69) is 10.3 Å². The third kappa shape index (κ3) is 3.93. The molecule has 0 aromatic carbocycles. The molecule has 2 aromatic heterocycles. The second kappa shape index (κ2) is 6.70. The van der Waals surface area contributed by atoms with Gasteiger partial charge in [-0.05, 0) is 24.3 Å². The van der Waals surface area contributed by atoms with Crippen molar-refractivity contribution in [1.29, 1.82) is 0 Å². The first-order valence-electron chi connectivity index (χ1n) is 6.05. The smallest absolute Gasteiger partial charge is 0.287 e. The van der Waals surface area contributed by atoms with Crippen molar-refractivity contribution in [3.63, 3.8) is 0 Å². The molecular formula is C14H16N2O3. The molecule has 0 aliphatic carbocycles. The summed E-state index contributed by atoms with van der Waals surface area (Å²) in [6, 6.07) is 9.09. The maximum atomic E-state index is 11.8. The lowest BCUT2D eigenvalue weighted by molar-refractivity contribution is 0.0917. The number of amides is 1. The molecule has 1 N–H and O–H groups in total. The van der Waals surface area contributed by atoms with Crippen LogP contribution in [0, 0.1) is 0 Å². The van der Waals surface area contributed by atoms with Gasteiger partial charge in [0.2, 0.25) is 0 Å². The van der Waals surface area contributed by atoms with Crippen LogP contribution in [0.2, 0.25) is 0 Å². The van der Waals surface area contributed by atoms with Gasteiger partial charge in [0, 0.05) is 32.0 Å². The molecule has 19 heavy (non-hydrogen) atoms. The Morgan fingerprint density at radius 3 is 3.00 bits per heavy atom. The molecule has 5 nitrogen and oxygen atoms in total. The Morgan fingerprint density at radius 1 is 1.37 bits per heavy atom. The van der Waals surface area contributed by atoms with E-state index in [1.165, 1.54) is 0 Å². The van der Waals surface area contributed by atoms with Crippen molar-refractivity contribution in [2.45, 2.75) is 13.0 Å². The van der Waals surface area contributed by atoms with Crippen molar-refractivity contribution < 1.29 is 13.9 Å². The Labute approximate surface area is 111 Å². The molecule has 0 aliphatic heterocycles. The number of hydrogen-bond donors (Lipinski definition) is 1. The molecule has 5 heteroatoms. The van der Waals surface area contributed by atoms with Crippen LogP contribution in [-0.4, -0.2) is 24.5 Å². The Hall–Kier alpha value is -2.14. The number of aromatic nitrogens is 1. The number of nitrogens with one attached hydrogen (secondary N) is 1. The molecule has 0 saturated carbocycles. The van der Waals surface area contributed by atoms with E-state index in [4.69, 9.17) is 9.15 Å². The van der Waals surface area contributed by atoms with E-state index in [1.807, 2.05) is 18.2 Å². The Bertz CT molecular complexity index is 522. The molecule has 2 rings (SSSR count). The average Bonchev–Trinajstić information content (AvgIpc) is 2.89. The number of carbonyl (C=O) groups is 1. The fourth-order valence-corrected chi connectivity index (χ4v) is 1.66. The van der Waals surface area contributed by atoms with Crippen LogP contribution in [0.3, 0.4) is 0 Å². The molecule has 0 spiro atoms. The summed E-state index contributed by atoms with van der Waals surface area (Å²) >= 11 is 0. The Kier molecular flexibility index (Phi) is 4.69. The third-order valence-electron chi connectivity index (χ3n) is 2.56. The number of hydrogen-bond acceptors (Lipinski definition) is 4. The molecule has 0 saturated heterocycles. The quantitative estimate of drug-likeness (QED) is 0.860. The SMILES string of the molecule is COCc1ccc(C(=O)NCCc2ccccn2)o1. The molecule has 100 valence electrons. The highest BCUT2D eigenvalue weighted by atomic mass is 16.5. The Balaban J connectivity index is 1.80. The average molecular weight is 260 g/mol. The van der Waals surface area contributed by atoms with E-state index in [0.29, 0.717) is 31.1 Å². The van der Waals surface area contributed by atoms with Crippen molar-refractivity contribution in [3.05, 3.63) is 53.7 Å². The summed E-state index contributed by atoms with van der Waals surface area (Å²) in [7, 11) is 1.58. The fourth-order valence-electron chi connectivity index (χ4n) is 1.66.